The Labute approximate surface area is 174 Å². The van der Waals surface area contributed by atoms with Gasteiger partial charge < -0.3 is 25.2 Å². The van der Waals surface area contributed by atoms with Crippen LogP contribution in [-0.4, -0.2) is 44.0 Å². The van der Waals surface area contributed by atoms with Crippen LogP contribution in [-0.2, 0) is 11.3 Å². The third-order valence-corrected chi connectivity index (χ3v) is 3.88. The first kappa shape index (κ1) is 24.8. The summed E-state index contributed by atoms with van der Waals surface area (Å²) in [7, 11) is 1.61. The summed E-state index contributed by atoms with van der Waals surface area (Å²) >= 11 is 0. The molecule has 6 nitrogen and oxygen atoms in total. The van der Waals surface area contributed by atoms with E-state index in [1.54, 1.807) is 25.3 Å². The van der Waals surface area contributed by atoms with Gasteiger partial charge in [0.1, 0.15) is 11.5 Å². The third-order valence-electron chi connectivity index (χ3n) is 3.88. The lowest BCUT2D eigenvalue weighted by Gasteiger charge is -2.21. The molecule has 0 saturated carbocycles. The van der Waals surface area contributed by atoms with Gasteiger partial charge in [-0.25, -0.2) is 4.99 Å². The molecule has 0 aromatic heterocycles. The number of phenols is 1. The summed E-state index contributed by atoms with van der Waals surface area (Å²) in [5.41, 5.74) is 0.728. The Kier molecular flexibility index (Phi) is 13.3. The number of hydrogen-bond acceptors (Lipinski definition) is 4. The minimum absolute atomic E-state index is 0. The summed E-state index contributed by atoms with van der Waals surface area (Å²) in [4.78, 5) is 4.55. The Morgan fingerprint density at radius 2 is 1.96 bits per heavy atom. The number of methoxy groups -OCH3 is 1. The maximum atomic E-state index is 9.96. The number of nitrogens with zero attached hydrogens (tertiary/aromatic N) is 1. The van der Waals surface area contributed by atoms with E-state index in [0.717, 1.165) is 37.6 Å². The van der Waals surface area contributed by atoms with Gasteiger partial charge in [0.05, 0.1) is 19.8 Å². The second-order valence-corrected chi connectivity index (χ2v) is 6.14. The molecule has 0 aliphatic carbocycles. The van der Waals surface area contributed by atoms with E-state index in [1.807, 2.05) is 13.8 Å². The highest BCUT2D eigenvalue weighted by atomic mass is 127. The number of nitrogens with one attached hydrogen (secondary N) is 2. The van der Waals surface area contributed by atoms with Crippen molar-refractivity contribution in [2.45, 2.75) is 46.8 Å². The first-order chi connectivity index (χ1) is 12.0. The van der Waals surface area contributed by atoms with Gasteiger partial charge in [0.25, 0.3) is 0 Å². The zero-order valence-corrected chi connectivity index (χ0v) is 18.9. The lowest BCUT2D eigenvalue weighted by molar-refractivity contribution is 0.0258. The number of phenolic OH excluding ortho intramolecular Hbond substituents is 1. The minimum atomic E-state index is 0. The van der Waals surface area contributed by atoms with Crippen molar-refractivity contribution >= 4 is 29.9 Å². The molecule has 0 amide bonds. The molecule has 0 saturated heterocycles. The van der Waals surface area contributed by atoms with Crippen molar-refractivity contribution in [3.63, 3.8) is 0 Å². The average Bonchev–Trinajstić information content (AvgIpc) is 2.59. The molecular formula is C19H34IN3O3. The van der Waals surface area contributed by atoms with Crippen molar-refractivity contribution in [3.05, 3.63) is 23.8 Å². The van der Waals surface area contributed by atoms with Gasteiger partial charge in [-0.2, -0.15) is 0 Å². The summed E-state index contributed by atoms with van der Waals surface area (Å²) in [6.07, 6.45) is 1.16. The molecular weight excluding hydrogens is 445 g/mol. The van der Waals surface area contributed by atoms with Crippen molar-refractivity contribution in [3.8, 4) is 11.5 Å². The first-order valence-corrected chi connectivity index (χ1v) is 9.01. The van der Waals surface area contributed by atoms with Gasteiger partial charge >= 0.3 is 0 Å². The van der Waals surface area contributed by atoms with Gasteiger partial charge in [-0.15, -0.1) is 24.0 Å². The summed E-state index contributed by atoms with van der Waals surface area (Å²) < 4.78 is 11.0. The molecule has 0 aliphatic heterocycles. The number of aromatic hydroxyl groups is 1. The Balaban J connectivity index is 0.00000625. The molecule has 1 unspecified atom stereocenters. The molecule has 7 heteroatoms. The Bertz CT molecular complexity index is 539. The van der Waals surface area contributed by atoms with Crippen LogP contribution in [0.15, 0.2) is 23.2 Å². The molecule has 1 atom stereocenters. The minimum Gasteiger partial charge on any atom is -0.508 e. The van der Waals surface area contributed by atoms with Crippen LogP contribution in [0.5, 0.6) is 11.5 Å². The number of aliphatic imine (C=N–C) groups is 1. The van der Waals surface area contributed by atoms with Gasteiger partial charge in [0.15, 0.2) is 5.96 Å². The Hall–Kier alpha value is -1.22. The monoisotopic (exact) mass is 479 g/mol. The van der Waals surface area contributed by atoms with Crippen molar-refractivity contribution in [2.75, 3.05) is 26.8 Å². The molecule has 0 heterocycles. The van der Waals surface area contributed by atoms with Crippen molar-refractivity contribution in [2.24, 2.45) is 10.9 Å². The number of hydrogen-bond donors (Lipinski definition) is 3. The Morgan fingerprint density at radius 1 is 1.23 bits per heavy atom. The van der Waals surface area contributed by atoms with Gasteiger partial charge in [0, 0.05) is 25.3 Å². The first-order valence-electron chi connectivity index (χ1n) is 9.01. The predicted octanol–water partition coefficient (Wildman–Crippen LogP) is 3.53. The molecule has 150 valence electrons. The number of halogens is 1. The second kappa shape index (κ2) is 13.9. The van der Waals surface area contributed by atoms with Crippen molar-refractivity contribution in [1.82, 2.24) is 10.6 Å². The molecule has 1 rings (SSSR count). The second-order valence-electron chi connectivity index (χ2n) is 6.14. The number of benzene rings is 1. The van der Waals surface area contributed by atoms with Crippen LogP contribution >= 0.6 is 24.0 Å². The molecule has 0 aliphatic rings. The summed E-state index contributed by atoms with van der Waals surface area (Å²) in [6, 6.07) is 5.15. The number of guanidine groups is 1. The quantitative estimate of drug-likeness (QED) is 0.272. The van der Waals surface area contributed by atoms with Crippen LogP contribution in [0.4, 0.5) is 0 Å². The van der Waals surface area contributed by atoms with E-state index in [9.17, 15) is 5.11 Å². The summed E-state index contributed by atoms with van der Waals surface area (Å²) in [5, 5.41) is 16.5. The van der Waals surface area contributed by atoms with Gasteiger partial charge in [0.2, 0.25) is 0 Å². The topological polar surface area (TPSA) is 75.1 Å². The number of ether oxygens (including phenoxy) is 2. The zero-order valence-electron chi connectivity index (χ0n) is 16.5. The van der Waals surface area contributed by atoms with E-state index in [1.165, 1.54) is 0 Å². The fraction of sp³-hybridized carbons (Fsp3) is 0.632. The van der Waals surface area contributed by atoms with E-state index < -0.39 is 0 Å². The molecule has 1 aromatic carbocycles. The third kappa shape index (κ3) is 8.93. The molecule has 0 spiro atoms. The fourth-order valence-corrected chi connectivity index (χ4v) is 2.48. The maximum Gasteiger partial charge on any atom is 0.191 e. The predicted molar refractivity (Wildman–Crippen MR) is 118 cm³/mol. The van der Waals surface area contributed by atoms with Gasteiger partial charge in [-0.05, 0) is 44.4 Å². The number of rotatable bonds is 10. The SMILES string of the molecule is CCNC(=NCc1cc(OC)ccc1O)NCCC(OCC)C(C)C.I. The van der Waals surface area contributed by atoms with E-state index in [-0.39, 0.29) is 35.8 Å². The lowest BCUT2D eigenvalue weighted by atomic mass is 10.0. The smallest absolute Gasteiger partial charge is 0.191 e. The molecule has 3 N–H and O–H groups in total. The van der Waals surface area contributed by atoms with Crippen LogP contribution < -0.4 is 15.4 Å². The van der Waals surface area contributed by atoms with E-state index in [4.69, 9.17) is 9.47 Å². The van der Waals surface area contributed by atoms with Crippen LogP contribution in [0.3, 0.4) is 0 Å². The van der Waals surface area contributed by atoms with Gasteiger partial charge in [-0.1, -0.05) is 13.8 Å². The standard InChI is InChI=1S/C19H33N3O3.HI/c1-6-20-19(21-11-10-18(14(3)4)25-7-2)22-13-15-12-16(24-5)8-9-17(15)23;/h8-9,12,14,18,23H,6-7,10-11,13H2,1-5H3,(H2,20,21,22);1H. The molecule has 0 bridgehead atoms. The van der Waals surface area contributed by atoms with Gasteiger partial charge in [-0.3, -0.25) is 0 Å². The molecule has 1 aromatic rings. The highest BCUT2D eigenvalue weighted by Gasteiger charge is 2.13. The summed E-state index contributed by atoms with van der Waals surface area (Å²) in [5.74, 6) is 2.13. The largest absolute Gasteiger partial charge is 0.508 e. The molecule has 26 heavy (non-hydrogen) atoms. The Morgan fingerprint density at radius 3 is 2.54 bits per heavy atom. The van der Waals surface area contributed by atoms with Crippen LogP contribution in [0, 0.1) is 5.92 Å². The van der Waals surface area contributed by atoms with Crippen molar-refractivity contribution < 1.29 is 14.6 Å². The highest BCUT2D eigenvalue weighted by molar-refractivity contribution is 14.0. The van der Waals surface area contributed by atoms with E-state index in [2.05, 4.69) is 29.5 Å². The van der Waals surface area contributed by atoms with Crippen LogP contribution in [0.1, 0.15) is 39.7 Å². The highest BCUT2D eigenvalue weighted by Crippen LogP contribution is 2.23. The maximum absolute atomic E-state index is 9.96. The van der Waals surface area contributed by atoms with E-state index >= 15 is 0 Å². The van der Waals surface area contributed by atoms with Crippen molar-refractivity contribution in [1.29, 1.82) is 0 Å². The summed E-state index contributed by atoms with van der Waals surface area (Å²) in [6.45, 7) is 11.0. The molecule has 0 fully saturated rings. The van der Waals surface area contributed by atoms with Crippen LogP contribution in [0.2, 0.25) is 0 Å². The fourth-order valence-electron chi connectivity index (χ4n) is 2.48. The lowest BCUT2D eigenvalue weighted by Crippen LogP contribution is -2.39. The van der Waals surface area contributed by atoms with E-state index in [0.29, 0.717) is 18.2 Å². The normalized spacial score (nSPS) is 12.5. The zero-order chi connectivity index (χ0) is 18.7. The average molecular weight is 479 g/mol. The van der Waals surface area contributed by atoms with Crippen LogP contribution in [0.25, 0.3) is 0 Å². The molecule has 0 radical (unpaired) electrons.